The summed E-state index contributed by atoms with van der Waals surface area (Å²) >= 11 is 0. The summed E-state index contributed by atoms with van der Waals surface area (Å²) in [6.45, 7) is 1.96. The van der Waals surface area contributed by atoms with Crippen LogP contribution in [0.1, 0.15) is 15.9 Å². The van der Waals surface area contributed by atoms with Gasteiger partial charge < -0.3 is 10.1 Å². The number of fused-ring (bicyclic) bond motifs is 2. The summed E-state index contributed by atoms with van der Waals surface area (Å²) in [5.74, 6) is -2.16. The number of H-pyrrole nitrogens is 1. The Balaban J connectivity index is 1.55. The van der Waals surface area contributed by atoms with Crippen molar-refractivity contribution < 1.29 is 18.3 Å². The van der Waals surface area contributed by atoms with E-state index in [4.69, 9.17) is 4.74 Å². The lowest BCUT2D eigenvalue weighted by molar-refractivity contribution is 0.101. The molecule has 9 heteroatoms. The number of hydrogen-bond donors (Lipinski definition) is 2. The standard InChI is InChI=1S/C24H19F2N5O2/c1-12-4-7-20(33-3)15(8-12)23-14-9-13(5-6-18(14)29-30-23)28-24(32)21-17(25)10-19-16(22(21)26)11-27-31(19)2/h4-11H,1-3H3,(H,28,32)(H,29,30). The van der Waals surface area contributed by atoms with Crippen molar-refractivity contribution in [1.82, 2.24) is 20.0 Å². The van der Waals surface area contributed by atoms with Gasteiger partial charge in [-0.15, -0.1) is 0 Å². The molecule has 0 aliphatic carbocycles. The molecule has 7 nitrogen and oxygen atoms in total. The predicted molar refractivity (Wildman–Crippen MR) is 121 cm³/mol. The highest BCUT2D eigenvalue weighted by molar-refractivity contribution is 6.08. The first-order valence-corrected chi connectivity index (χ1v) is 10.1. The predicted octanol–water partition coefficient (Wildman–Crippen LogP) is 4.96. The molecule has 166 valence electrons. The van der Waals surface area contributed by atoms with Gasteiger partial charge >= 0.3 is 0 Å². The lowest BCUT2D eigenvalue weighted by atomic mass is 10.0. The van der Waals surface area contributed by atoms with Crippen molar-refractivity contribution in [3.63, 3.8) is 0 Å². The molecule has 0 saturated carbocycles. The third-order valence-electron chi connectivity index (χ3n) is 5.60. The number of nitrogens with zero attached hydrogens (tertiary/aromatic N) is 3. The van der Waals surface area contributed by atoms with Crippen LogP contribution in [-0.4, -0.2) is 33.0 Å². The van der Waals surface area contributed by atoms with Crippen LogP contribution >= 0.6 is 0 Å². The first-order valence-electron chi connectivity index (χ1n) is 10.1. The number of ether oxygens (including phenoxy) is 1. The minimum atomic E-state index is -0.962. The Morgan fingerprint density at radius 3 is 2.73 bits per heavy atom. The minimum Gasteiger partial charge on any atom is -0.496 e. The molecule has 1 amide bonds. The van der Waals surface area contributed by atoms with Crippen molar-refractivity contribution in [2.75, 3.05) is 12.4 Å². The molecule has 0 unspecified atom stereocenters. The van der Waals surface area contributed by atoms with Crippen molar-refractivity contribution in [1.29, 1.82) is 0 Å². The van der Waals surface area contributed by atoms with Gasteiger partial charge in [-0.05, 0) is 37.3 Å². The van der Waals surface area contributed by atoms with Crippen LogP contribution in [0.25, 0.3) is 33.1 Å². The highest BCUT2D eigenvalue weighted by Gasteiger charge is 2.23. The van der Waals surface area contributed by atoms with Crippen molar-refractivity contribution in [3.05, 3.63) is 71.4 Å². The van der Waals surface area contributed by atoms with E-state index in [2.05, 4.69) is 20.6 Å². The Kier molecular flexibility index (Phi) is 4.81. The average Bonchev–Trinajstić information content (AvgIpc) is 3.37. The maximum atomic E-state index is 14.9. The van der Waals surface area contributed by atoms with Crippen LogP contribution in [0.5, 0.6) is 5.75 Å². The first kappa shape index (κ1) is 20.6. The van der Waals surface area contributed by atoms with Gasteiger partial charge in [0.25, 0.3) is 5.91 Å². The molecule has 2 heterocycles. The van der Waals surface area contributed by atoms with E-state index in [9.17, 15) is 13.6 Å². The van der Waals surface area contributed by atoms with E-state index in [0.29, 0.717) is 17.1 Å². The quantitative estimate of drug-likeness (QED) is 0.408. The SMILES string of the molecule is COc1ccc(C)cc1-c1n[nH]c2ccc(NC(=O)c3c(F)cc4c(cnn4C)c3F)cc12. The second-order valence-corrected chi connectivity index (χ2v) is 7.74. The number of amides is 1. The van der Waals surface area contributed by atoms with E-state index in [1.54, 1.807) is 32.4 Å². The van der Waals surface area contributed by atoms with Crippen LogP contribution in [0.4, 0.5) is 14.5 Å². The zero-order chi connectivity index (χ0) is 23.3. The molecule has 0 aliphatic heterocycles. The largest absolute Gasteiger partial charge is 0.496 e. The van der Waals surface area contributed by atoms with Crippen molar-refractivity contribution in [2.45, 2.75) is 6.92 Å². The van der Waals surface area contributed by atoms with E-state index in [1.807, 2.05) is 25.1 Å². The zero-order valence-electron chi connectivity index (χ0n) is 18.0. The summed E-state index contributed by atoms with van der Waals surface area (Å²) in [6.07, 6.45) is 1.26. The van der Waals surface area contributed by atoms with Gasteiger partial charge in [0.15, 0.2) is 0 Å². The molecule has 5 aromatic rings. The fourth-order valence-electron chi connectivity index (χ4n) is 3.92. The smallest absolute Gasteiger partial charge is 0.261 e. The van der Waals surface area contributed by atoms with Gasteiger partial charge in [0.2, 0.25) is 0 Å². The number of methoxy groups -OCH3 is 1. The van der Waals surface area contributed by atoms with E-state index >= 15 is 0 Å². The Bertz CT molecular complexity index is 1550. The van der Waals surface area contributed by atoms with E-state index < -0.39 is 23.1 Å². The summed E-state index contributed by atoms with van der Waals surface area (Å²) < 4.78 is 36.4. The molecule has 2 N–H and O–H groups in total. The van der Waals surface area contributed by atoms with Crippen LogP contribution in [-0.2, 0) is 7.05 Å². The van der Waals surface area contributed by atoms with Crippen LogP contribution < -0.4 is 10.1 Å². The van der Waals surface area contributed by atoms with Crippen LogP contribution in [0.3, 0.4) is 0 Å². The molecule has 0 fully saturated rings. The number of hydrogen-bond acceptors (Lipinski definition) is 4. The highest BCUT2D eigenvalue weighted by Crippen LogP contribution is 2.35. The van der Waals surface area contributed by atoms with Gasteiger partial charge in [-0.2, -0.15) is 10.2 Å². The van der Waals surface area contributed by atoms with E-state index in [1.165, 1.54) is 10.9 Å². The second kappa shape index (κ2) is 7.70. The average molecular weight is 447 g/mol. The fraction of sp³-hybridized carbons (Fsp3) is 0.125. The van der Waals surface area contributed by atoms with E-state index in [0.717, 1.165) is 28.1 Å². The van der Waals surface area contributed by atoms with Crippen LogP contribution in [0.15, 0.2) is 48.7 Å². The lowest BCUT2D eigenvalue weighted by Crippen LogP contribution is -2.16. The normalized spacial score (nSPS) is 11.3. The highest BCUT2D eigenvalue weighted by atomic mass is 19.1. The number of anilines is 1. The van der Waals surface area contributed by atoms with E-state index in [-0.39, 0.29) is 10.9 Å². The van der Waals surface area contributed by atoms with Crippen molar-refractivity contribution in [3.8, 4) is 17.0 Å². The third-order valence-corrected chi connectivity index (χ3v) is 5.60. The van der Waals surface area contributed by atoms with Gasteiger partial charge in [-0.3, -0.25) is 14.6 Å². The van der Waals surface area contributed by atoms with Crippen LogP contribution in [0, 0.1) is 18.6 Å². The van der Waals surface area contributed by atoms with Crippen molar-refractivity contribution >= 4 is 33.4 Å². The number of aryl methyl sites for hydroxylation is 2. The Labute approximate surface area is 187 Å². The number of carbonyl (C=O) groups excluding carboxylic acids is 1. The number of halogens is 2. The molecule has 2 aromatic heterocycles. The Morgan fingerprint density at radius 2 is 1.94 bits per heavy atom. The maximum absolute atomic E-state index is 14.9. The lowest BCUT2D eigenvalue weighted by Gasteiger charge is -2.10. The molecule has 5 rings (SSSR count). The third kappa shape index (κ3) is 3.38. The fourth-order valence-corrected chi connectivity index (χ4v) is 3.92. The molecule has 0 bridgehead atoms. The molecular weight excluding hydrogens is 428 g/mol. The molecule has 0 atom stereocenters. The Morgan fingerprint density at radius 1 is 1.12 bits per heavy atom. The summed E-state index contributed by atoms with van der Waals surface area (Å²) in [4.78, 5) is 12.8. The second-order valence-electron chi connectivity index (χ2n) is 7.74. The minimum absolute atomic E-state index is 0.0724. The summed E-state index contributed by atoms with van der Waals surface area (Å²) in [5, 5.41) is 14.7. The number of benzene rings is 3. The molecule has 3 aromatic carbocycles. The monoisotopic (exact) mass is 447 g/mol. The van der Waals surface area contributed by atoms with Gasteiger partial charge in [-0.25, -0.2) is 8.78 Å². The molecule has 33 heavy (non-hydrogen) atoms. The van der Waals surface area contributed by atoms with Crippen LogP contribution in [0.2, 0.25) is 0 Å². The number of aromatic amines is 1. The van der Waals surface area contributed by atoms with Crippen molar-refractivity contribution in [2.24, 2.45) is 7.05 Å². The summed E-state index contributed by atoms with van der Waals surface area (Å²) in [6, 6.07) is 11.9. The zero-order valence-corrected chi connectivity index (χ0v) is 18.0. The molecule has 0 saturated heterocycles. The number of rotatable bonds is 4. The number of aromatic nitrogens is 4. The number of carbonyl (C=O) groups is 1. The summed E-state index contributed by atoms with van der Waals surface area (Å²) in [7, 11) is 3.15. The van der Waals surface area contributed by atoms with Gasteiger partial charge in [-0.1, -0.05) is 11.6 Å². The molecule has 0 aliphatic rings. The summed E-state index contributed by atoms with van der Waals surface area (Å²) in [5.41, 5.74) is 3.15. The van der Waals surface area contributed by atoms with Gasteiger partial charge in [0.1, 0.15) is 28.6 Å². The topological polar surface area (TPSA) is 84.8 Å². The molecular formula is C24H19F2N5O2. The number of nitrogens with one attached hydrogen (secondary N) is 2. The Hall–Kier alpha value is -4.27. The molecule has 0 radical (unpaired) electrons. The maximum Gasteiger partial charge on any atom is 0.261 e. The van der Waals surface area contributed by atoms with Gasteiger partial charge in [0.05, 0.1) is 29.7 Å². The molecule has 0 spiro atoms. The van der Waals surface area contributed by atoms with Gasteiger partial charge in [0, 0.05) is 29.8 Å². The first-order chi connectivity index (χ1) is 15.9.